The molecular formula is C28H40N6O4. The summed E-state index contributed by atoms with van der Waals surface area (Å²) >= 11 is 0. The van der Waals surface area contributed by atoms with Gasteiger partial charge in [-0.1, -0.05) is 27.7 Å². The number of fused-ring (bicyclic) bond motifs is 1. The van der Waals surface area contributed by atoms with Crippen LogP contribution in [0.4, 0.5) is 5.69 Å². The average molecular weight is 525 g/mol. The van der Waals surface area contributed by atoms with E-state index in [1.165, 1.54) is 9.20 Å². The molecular weight excluding hydrogens is 484 g/mol. The number of Topliss-reactive ketones (excluding diaryl/α,β-unsaturated/α-hetero) is 1. The first kappa shape index (κ1) is 27.6. The number of nitrogens with one attached hydrogen (secondary N) is 1. The Morgan fingerprint density at radius 1 is 1.16 bits per heavy atom. The van der Waals surface area contributed by atoms with Crippen molar-refractivity contribution in [2.24, 2.45) is 0 Å². The molecule has 0 radical (unpaired) electrons. The maximum absolute atomic E-state index is 13.7. The molecule has 0 bridgehead atoms. The number of nitrogens with zero attached hydrogens (tertiary/aromatic N) is 5. The minimum atomic E-state index is -0.246. The van der Waals surface area contributed by atoms with Gasteiger partial charge in [-0.3, -0.25) is 10.2 Å². The van der Waals surface area contributed by atoms with Gasteiger partial charge in [-0.25, -0.2) is 4.68 Å². The topological polar surface area (TPSA) is 107 Å². The summed E-state index contributed by atoms with van der Waals surface area (Å²) in [4.78, 5) is 15.9. The molecule has 1 saturated heterocycles. The van der Waals surface area contributed by atoms with Gasteiger partial charge in [0.1, 0.15) is 12.3 Å². The summed E-state index contributed by atoms with van der Waals surface area (Å²) in [5.41, 5.74) is 4.45. The standard InChI is InChI=1S/C28H40N6O4/c1-9-17(2)38-26-19(4)18(3)25-30-33(27(29)34(25)31-26)16-23(35)20-14-21(28(5,6)7)24(36-8)22(15-20)32-10-12-37-13-11-32/h14-15,17,29H,9-13,16H2,1-8H3/t17-/m0/s1. The maximum atomic E-state index is 13.7. The zero-order valence-electron chi connectivity index (χ0n) is 23.8. The number of methoxy groups -OCH3 is 1. The number of morpholine rings is 1. The van der Waals surface area contributed by atoms with Crippen molar-refractivity contribution in [3.63, 3.8) is 0 Å². The Bertz CT molecular complexity index is 1400. The van der Waals surface area contributed by atoms with Gasteiger partial charge in [-0.05, 0) is 44.7 Å². The number of carbonyl (C=O) groups is 1. The molecule has 0 spiro atoms. The minimum Gasteiger partial charge on any atom is -0.494 e. The zero-order chi connectivity index (χ0) is 27.8. The first-order valence-corrected chi connectivity index (χ1v) is 13.2. The van der Waals surface area contributed by atoms with E-state index in [1.807, 2.05) is 39.8 Å². The molecule has 1 aromatic carbocycles. The monoisotopic (exact) mass is 524 g/mol. The first-order valence-electron chi connectivity index (χ1n) is 13.2. The van der Waals surface area contributed by atoms with E-state index in [9.17, 15) is 4.79 Å². The fraction of sp³-hybridized carbons (Fsp3) is 0.571. The Balaban J connectivity index is 1.75. The van der Waals surface area contributed by atoms with Crippen molar-refractivity contribution < 1.29 is 19.0 Å². The molecule has 206 valence electrons. The molecule has 4 rings (SSSR count). The van der Waals surface area contributed by atoms with Gasteiger partial charge in [-0.15, -0.1) is 10.2 Å². The molecule has 3 aromatic rings. The number of hydrogen-bond donors (Lipinski definition) is 1. The van der Waals surface area contributed by atoms with Crippen molar-refractivity contribution in [3.8, 4) is 11.6 Å². The van der Waals surface area contributed by atoms with Crippen LogP contribution in [0, 0.1) is 19.3 Å². The zero-order valence-corrected chi connectivity index (χ0v) is 23.8. The maximum Gasteiger partial charge on any atom is 0.242 e. The number of aryl methyl sites for hydroxylation is 1. The number of aromatic nitrogens is 4. The van der Waals surface area contributed by atoms with Crippen LogP contribution in [0.2, 0.25) is 0 Å². The van der Waals surface area contributed by atoms with Crippen molar-refractivity contribution in [3.05, 3.63) is 40.0 Å². The van der Waals surface area contributed by atoms with Gasteiger partial charge in [0.25, 0.3) is 0 Å². The van der Waals surface area contributed by atoms with E-state index in [4.69, 9.17) is 19.6 Å². The number of ketones is 1. The third-order valence-corrected chi connectivity index (χ3v) is 7.21. The third-order valence-electron chi connectivity index (χ3n) is 7.21. The van der Waals surface area contributed by atoms with Crippen molar-refractivity contribution >= 4 is 17.1 Å². The second-order valence-electron chi connectivity index (χ2n) is 11.0. The van der Waals surface area contributed by atoms with Gasteiger partial charge in [0.15, 0.2) is 11.4 Å². The second-order valence-corrected chi connectivity index (χ2v) is 11.0. The lowest BCUT2D eigenvalue weighted by molar-refractivity contribution is 0.0965. The minimum absolute atomic E-state index is 0.00259. The normalized spacial score (nSPS) is 15.1. The highest BCUT2D eigenvalue weighted by Gasteiger charge is 2.27. The van der Waals surface area contributed by atoms with Gasteiger partial charge < -0.3 is 19.1 Å². The highest BCUT2D eigenvalue weighted by molar-refractivity contribution is 5.97. The Kier molecular flexibility index (Phi) is 7.83. The van der Waals surface area contributed by atoms with Gasteiger partial charge in [0, 0.05) is 35.3 Å². The SMILES string of the molecule is CC[C@H](C)Oc1nn2c(=N)n(CC(=O)c3cc(N4CCOCC4)c(OC)c(C(C)(C)C)c3)nc2c(C)c1C. The summed E-state index contributed by atoms with van der Waals surface area (Å²) in [6.07, 6.45) is 0.840. The summed E-state index contributed by atoms with van der Waals surface area (Å²) < 4.78 is 20.3. The third kappa shape index (κ3) is 5.27. The summed E-state index contributed by atoms with van der Waals surface area (Å²) in [5, 5.41) is 17.9. The first-order chi connectivity index (χ1) is 18.0. The van der Waals surface area contributed by atoms with E-state index in [-0.39, 0.29) is 29.5 Å². The molecule has 1 atom stereocenters. The largest absolute Gasteiger partial charge is 0.494 e. The Morgan fingerprint density at radius 3 is 2.45 bits per heavy atom. The van der Waals surface area contributed by atoms with Crippen LogP contribution in [0.3, 0.4) is 0 Å². The number of carbonyl (C=O) groups excluding carboxylic acids is 1. The van der Waals surface area contributed by atoms with E-state index >= 15 is 0 Å². The molecule has 1 fully saturated rings. The van der Waals surface area contributed by atoms with Crippen LogP contribution in [0.1, 0.15) is 68.1 Å². The van der Waals surface area contributed by atoms with Gasteiger partial charge >= 0.3 is 0 Å². The molecule has 1 N–H and O–H groups in total. The van der Waals surface area contributed by atoms with Crippen LogP contribution in [0.15, 0.2) is 12.1 Å². The molecule has 3 heterocycles. The molecule has 0 unspecified atom stereocenters. The Morgan fingerprint density at radius 2 is 1.84 bits per heavy atom. The summed E-state index contributed by atoms with van der Waals surface area (Å²) in [6.45, 7) is 16.8. The summed E-state index contributed by atoms with van der Waals surface area (Å²) in [5.74, 6) is 1.12. The fourth-order valence-electron chi connectivity index (χ4n) is 4.54. The Hall–Kier alpha value is -3.40. The predicted octanol–water partition coefficient (Wildman–Crippen LogP) is 3.83. The van der Waals surface area contributed by atoms with E-state index in [1.54, 1.807) is 7.11 Å². The second kappa shape index (κ2) is 10.8. The van der Waals surface area contributed by atoms with Gasteiger partial charge in [-0.2, -0.15) is 4.52 Å². The molecule has 38 heavy (non-hydrogen) atoms. The number of benzene rings is 1. The van der Waals surface area contributed by atoms with Gasteiger partial charge in [0.2, 0.25) is 11.5 Å². The van der Waals surface area contributed by atoms with Crippen LogP contribution >= 0.6 is 0 Å². The molecule has 10 nitrogen and oxygen atoms in total. The van der Waals surface area contributed by atoms with Crippen LogP contribution in [0.5, 0.6) is 11.6 Å². The highest BCUT2D eigenvalue weighted by Crippen LogP contribution is 2.40. The molecule has 0 aliphatic carbocycles. The lowest BCUT2D eigenvalue weighted by Gasteiger charge is -2.33. The van der Waals surface area contributed by atoms with E-state index < -0.39 is 0 Å². The quantitative estimate of drug-likeness (QED) is 0.446. The van der Waals surface area contributed by atoms with Crippen LogP contribution in [0.25, 0.3) is 5.65 Å². The van der Waals surface area contributed by atoms with Gasteiger partial charge in [0.05, 0.1) is 32.1 Å². The molecule has 0 amide bonds. The van der Waals surface area contributed by atoms with Crippen LogP contribution in [-0.2, 0) is 16.7 Å². The lowest BCUT2D eigenvalue weighted by atomic mass is 9.84. The van der Waals surface area contributed by atoms with Crippen molar-refractivity contribution in [2.75, 3.05) is 38.3 Å². The Labute approximate surface area is 224 Å². The number of ether oxygens (including phenoxy) is 3. The lowest BCUT2D eigenvalue weighted by Crippen LogP contribution is -2.37. The van der Waals surface area contributed by atoms with Crippen molar-refractivity contribution in [1.29, 1.82) is 5.41 Å². The summed E-state index contributed by atoms with van der Waals surface area (Å²) in [7, 11) is 1.67. The number of anilines is 1. The molecule has 1 aliphatic rings. The smallest absolute Gasteiger partial charge is 0.242 e. The van der Waals surface area contributed by atoms with E-state index in [2.05, 4.69) is 35.9 Å². The molecule has 2 aromatic heterocycles. The summed E-state index contributed by atoms with van der Waals surface area (Å²) in [6, 6.07) is 3.81. The predicted molar refractivity (Wildman–Crippen MR) is 146 cm³/mol. The molecule has 0 saturated carbocycles. The van der Waals surface area contributed by atoms with Crippen LogP contribution < -0.4 is 20.0 Å². The number of rotatable bonds is 8. The molecule has 10 heteroatoms. The van der Waals surface area contributed by atoms with E-state index in [0.29, 0.717) is 30.3 Å². The number of hydrogen-bond acceptors (Lipinski definition) is 8. The van der Waals surface area contributed by atoms with Crippen molar-refractivity contribution in [1.82, 2.24) is 19.4 Å². The van der Waals surface area contributed by atoms with Crippen molar-refractivity contribution in [2.45, 2.75) is 73.0 Å². The average Bonchev–Trinajstić information content (AvgIpc) is 3.20. The highest BCUT2D eigenvalue weighted by atomic mass is 16.5. The molecule has 1 aliphatic heterocycles. The fourth-order valence-corrected chi connectivity index (χ4v) is 4.54. The van der Waals surface area contributed by atoms with E-state index in [0.717, 1.165) is 47.6 Å². The van der Waals surface area contributed by atoms with Crippen LogP contribution in [-0.4, -0.2) is 64.7 Å².